The molecule has 0 aliphatic heterocycles. The van der Waals surface area contributed by atoms with Crippen molar-refractivity contribution in [1.29, 1.82) is 0 Å². The van der Waals surface area contributed by atoms with Gasteiger partial charge < -0.3 is 11.1 Å². The van der Waals surface area contributed by atoms with Crippen molar-refractivity contribution in [3.63, 3.8) is 0 Å². The minimum atomic E-state index is -0.923. The van der Waals surface area contributed by atoms with Crippen LogP contribution < -0.4 is 11.1 Å². The summed E-state index contributed by atoms with van der Waals surface area (Å²) in [5.74, 6) is -0.659. The van der Waals surface area contributed by atoms with Crippen LogP contribution in [0.5, 0.6) is 0 Å². The minimum Gasteiger partial charge on any atom is -0.324 e. The Morgan fingerprint density at radius 1 is 1.50 bits per heavy atom. The van der Waals surface area contributed by atoms with E-state index in [0.29, 0.717) is 12.1 Å². The van der Waals surface area contributed by atoms with Gasteiger partial charge in [-0.15, -0.1) is 12.4 Å². The molecule has 0 aromatic heterocycles. The highest BCUT2D eigenvalue weighted by molar-refractivity contribution is 5.98. The summed E-state index contributed by atoms with van der Waals surface area (Å²) in [7, 11) is 0. The molecule has 1 rings (SSSR count). The number of carbonyl (C=O) groups excluding carboxylic acids is 1. The lowest BCUT2D eigenvalue weighted by Gasteiger charge is -2.23. The van der Waals surface area contributed by atoms with Gasteiger partial charge in [-0.25, -0.2) is 4.39 Å². The fraction of sp³-hybridized carbons (Fsp3) is 0.462. The van der Waals surface area contributed by atoms with Gasteiger partial charge in [0.1, 0.15) is 5.82 Å². The van der Waals surface area contributed by atoms with Gasteiger partial charge in [-0.3, -0.25) is 4.79 Å². The van der Waals surface area contributed by atoms with Gasteiger partial charge in [0.25, 0.3) is 0 Å². The van der Waals surface area contributed by atoms with Crippen LogP contribution in [0, 0.1) is 12.7 Å². The van der Waals surface area contributed by atoms with E-state index in [0.717, 1.165) is 12.0 Å². The summed E-state index contributed by atoms with van der Waals surface area (Å²) in [5.41, 5.74) is 6.26. The Balaban J connectivity index is 0.00000289. The fourth-order valence-electron chi connectivity index (χ4n) is 1.63. The molecular formula is C13H20ClFN2O. The first-order valence-corrected chi connectivity index (χ1v) is 5.73. The second kappa shape index (κ2) is 6.71. The van der Waals surface area contributed by atoms with E-state index in [1.165, 1.54) is 12.1 Å². The summed E-state index contributed by atoms with van der Waals surface area (Å²) in [6.07, 6.45) is 1.41. The van der Waals surface area contributed by atoms with Crippen LogP contribution in [0.2, 0.25) is 0 Å². The lowest BCUT2D eigenvalue weighted by molar-refractivity contribution is -0.120. The molecule has 102 valence electrons. The lowest BCUT2D eigenvalue weighted by atomic mass is 9.96. The van der Waals surface area contributed by atoms with Gasteiger partial charge in [0.15, 0.2) is 0 Å². The average Bonchev–Trinajstić information content (AvgIpc) is 2.23. The number of anilines is 1. The van der Waals surface area contributed by atoms with Crippen LogP contribution in [0.3, 0.4) is 0 Å². The second-order valence-corrected chi connectivity index (χ2v) is 4.58. The maximum atomic E-state index is 13.1. The number of hydrogen-bond acceptors (Lipinski definition) is 2. The molecule has 1 amide bonds. The molecule has 0 aliphatic rings. The van der Waals surface area contributed by atoms with Crippen molar-refractivity contribution in [1.82, 2.24) is 0 Å². The number of rotatable bonds is 4. The van der Waals surface area contributed by atoms with Crippen LogP contribution in [-0.2, 0) is 4.79 Å². The van der Waals surface area contributed by atoms with E-state index in [4.69, 9.17) is 5.73 Å². The van der Waals surface area contributed by atoms with E-state index >= 15 is 0 Å². The van der Waals surface area contributed by atoms with E-state index in [9.17, 15) is 9.18 Å². The first-order chi connectivity index (χ1) is 7.86. The normalized spacial score (nSPS) is 13.4. The van der Waals surface area contributed by atoms with Crippen molar-refractivity contribution < 1.29 is 9.18 Å². The van der Waals surface area contributed by atoms with Crippen LogP contribution in [0.25, 0.3) is 0 Å². The molecule has 1 atom stereocenters. The monoisotopic (exact) mass is 274 g/mol. The number of halogens is 2. The Bertz CT molecular complexity index is 421. The van der Waals surface area contributed by atoms with E-state index < -0.39 is 5.54 Å². The molecule has 1 unspecified atom stereocenters. The first kappa shape index (κ1) is 16.9. The molecule has 0 aliphatic carbocycles. The standard InChI is InChI=1S/C13H19FN2O.ClH/c1-4-7-13(3,15)12(17)16-11-8-10(14)6-5-9(11)2;/h5-6,8H,4,7,15H2,1-3H3,(H,16,17);1H. The second-order valence-electron chi connectivity index (χ2n) is 4.58. The number of carbonyl (C=O) groups is 1. The van der Waals surface area contributed by atoms with E-state index in [-0.39, 0.29) is 24.1 Å². The predicted octanol–water partition coefficient (Wildman–Crippen LogP) is 3.01. The smallest absolute Gasteiger partial charge is 0.244 e. The molecule has 3 nitrogen and oxygen atoms in total. The fourth-order valence-corrected chi connectivity index (χ4v) is 1.63. The Hall–Kier alpha value is -1.13. The molecular weight excluding hydrogens is 255 g/mol. The Morgan fingerprint density at radius 2 is 2.11 bits per heavy atom. The number of benzene rings is 1. The third kappa shape index (κ3) is 4.27. The summed E-state index contributed by atoms with van der Waals surface area (Å²) in [6, 6.07) is 4.28. The third-order valence-electron chi connectivity index (χ3n) is 2.74. The van der Waals surface area contributed by atoms with Crippen molar-refractivity contribution in [2.45, 2.75) is 39.2 Å². The number of nitrogens with one attached hydrogen (secondary N) is 1. The zero-order chi connectivity index (χ0) is 13.1. The van der Waals surface area contributed by atoms with Crippen molar-refractivity contribution in [2.75, 3.05) is 5.32 Å². The zero-order valence-electron chi connectivity index (χ0n) is 10.9. The Kier molecular flexibility index (Phi) is 6.29. The molecule has 0 bridgehead atoms. The average molecular weight is 275 g/mol. The molecule has 0 radical (unpaired) electrons. The maximum absolute atomic E-state index is 13.1. The van der Waals surface area contributed by atoms with Gasteiger partial charge in [-0.2, -0.15) is 0 Å². The molecule has 18 heavy (non-hydrogen) atoms. The van der Waals surface area contributed by atoms with E-state index in [1.807, 2.05) is 13.8 Å². The lowest BCUT2D eigenvalue weighted by Crippen LogP contribution is -2.48. The SMILES string of the molecule is CCCC(C)(N)C(=O)Nc1cc(F)ccc1C.Cl. The zero-order valence-corrected chi connectivity index (χ0v) is 11.7. The third-order valence-corrected chi connectivity index (χ3v) is 2.74. The summed E-state index contributed by atoms with van der Waals surface area (Å²) in [6.45, 7) is 5.45. The number of amides is 1. The largest absolute Gasteiger partial charge is 0.324 e. The molecule has 0 saturated heterocycles. The summed E-state index contributed by atoms with van der Waals surface area (Å²) in [5, 5.41) is 2.67. The summed E-state index contributed by atoms with van der Waals surface area (Å²) >= 11 is 0. The Morgan fingerprint density at radius 3 is 2.67 bits per heavy atom. The molecule has 0 saturated carbocycles. The van der Waals surface area contributed by atoms with Gasteiger partial charge in [-0.1, -0.05) is 19.4 Å². The van der Waals surface area contributed by atoms with Gasteiger partial charge >= 0.3 is 0 Å². The van der Waals surface area contributed by atoms with Crippen LogP contribution in [0.4, 0.5) is 10.1 Å². The predicted molar refractivity (Wildman–Crippen MR) is 74.5 cm³/mol. The molecule has 3 N–H and O–H groups in total. The molecule has 1 aromatic carbocycles. The van der Waals surface area contributed by atoms with E-state index in [1.54, 1.807) is 13.0 Å². The first-order valence-electron chi connectivity index (χ1n) is 5.73. The molecule has 0 heterocycles. The number of nitrogens with two attached hydrogens (primary N) is 1. The number of aryl methyl sites for hydroxylation is 1. The highest BCUT2D eigenvalue weighted by Gasteiger charge is 2.27. The van der Waals surface area contributed by atoms with Crippen LogP contribution in [-0.4, -0.2) is 11.4 Å². The minimum absolute atomic E-state index is 0. The van der Waals surface area contributed by atoms with Gasteiger partial charge in [0.2, 0.25) is 5.91 Å². The highest BCUT2D eigenvalue weighted by atomic mass is 35.5. The summed E-state index contributed by atoms with van der Waals surface area (Å²) in [4.78, 5) is 11.9. The Labute approximate surface area is 113 Å². The van der Waals surface area contributed by atoms with Crippen LogP contribution in [0.1, 0.15) is 32.3 Å². The molecule has 5 heteroatoms. The number of hydrogen-bond donors (Lipinski definition) is 2. The van der Waals surface area contributed by atoms with Crippen molar-refractivity contribution in [2.24, 2.45) is 5.73 Å². The highest BCUT2D eigenvalue weighted by Crippen LogP contribution is 2.18. The van der Waals surface area contributed by atoms with Gasteiger partial charge in [0, 0.05) is 5.69 Å². The molecule has 0 fully saturated rings. The van der Waals surface area contributed by atoms with E-state index in [2.05, 4.69) is 5.32 Å². The summed E-state index contributed by atoms with van der Waals surface area (Å²) < 4.78 is 13.1. The van der Waals surface area contributed by atoms with Crippen LogP contribution in [0.15, 0.2) is 18.2 Å². The topological polar surface area (TPSA) is 55.1 Å². The maximum Gasteiger partial charge on any atom is 0.244 e. The van der Waals surface area contributed by atoms with Crippen molar-refractivity contribution in [3.8, 4) is 0 Å². The van der Waals surface area contributed by atoms with Crippen molar-refractivity contribution in [3.05, 3.63) is 29.6 Å². The molecule has 0 spiro atoms. The molecule has 1 aromatic rings. The van der Waals surface area contributed by atoms with Gasteiger partial charge in [0.05, 0.1) is 5.54 Å². The quantitative estimate of drug-likeness (QED) is 0.887. The van der Waals surface area contributed by atoms with Crippen LogP contribution >= 0.6 is 12.4 Å². The van der Waals surface area contributed by atoms with Crippen molar-refractivity contribution >= 4 is 24.0 Å². The van der Waals surface area contributed by atoms with Gasteiger partial charge in [-0.05, 0) is 38.0 Å².